The van der Waals surface area contributed by atoms with E-state index in [2.05, 4.69) is 262 Å². The first-order valence-electron chi connectivity index (χ1n) is 44.0. The fourth-order valence-corrected chi connectivity index (χ4v) is 10.1. The molecule has 0 unspecified atom stereocenters. The van der Waals surface area contributed by atoms with Gasteiger partial charge in [0.15, 0.2) is 0 Å². The van der Waals surface area contributed by atoms with E-state index in [1.807, 2.05) is 36.4 Å². The van der Waals surface area contributed by atoms with Crippen LogP contribution < -0.4 is 4.74 Å². The van der Waals surface area contributed by atoms with Crippen LogP contribution in [0.1, 0.15) is 319 Å². The van der Waals surface area contributed by atoms with Crippen molar-refractivity contribution >= 4 is 0 Å². The molecule has 0 aliphatic rings. The summed E-state index contributed by atoms with van der Waals surface area (Å²) in [5.74, 6) is 0.981. The first kappa shape index (κ1) is 164. The van der Waals surface area contributed by atoms with Crippen molar-refractivity contribution in [1.29, 1.82) is 0 Å². The zero-order valence-corrected chi connectivity index (χ0v) is 111. The monoisotopic (exact) mass is 3560 g/mol. The van der Waals surface area contributed by atoms with Crippen molar-refractivity contribution in [3.05, 3.63) is 284 Å². The van der Waals surface area contributed by atoms with Crippen LogP contribution in [0.4, 0.5) is 0 Å². The van der Waals surface area contributed by atoms with Gasteiger partial charge in [0.2, 0.25) is 0 Å². The van der Waals surface area contributed by atoms with E-state index in [9.17, 15) is 0 Å². The second-order valence-corrected chi connectivity index (χ2v) is 26.8. The SMILES string of the molecule is [CH2-]C/C=C\CCC.[CH2-]C=CCCCCC.[CH2-]CC=CCCCCC.[CH2-]CC=CCOCCC.[CH2-]CCCCOCCC.[CH2-]CCc1ccccc1CCCC.[CH2-]CCc1ccccc1CCCC.[CH2-]CCc1ccccc1CCCCC.[CH2-]COCCOCCC.[CH2-]Cc1ccccc1OCCC.[CH2-]c1cocc1CC.[W].[W].[W].[W].[W].[W].[W].[W].[W].[W].[W]. The van der Waals surface area contributed by atoms with E-state index >= 15 is 0 Å². The molecule has 6 nitrogen and oxygen atoms in total. The molecule has 0 amide bonds. The van der Waals surface area contributed by atoms with E-state index in [1.165, 1.54) is 186 Å². The molecule has 0 aliphatic heterocycles. The summed E-state index contributed by atoms with van der Waals surface area (Å²) in [6, 6.07) is 34.3. The molecule has 0 spiro atoms. The molecule has 122 heavy (non-hydrogen) atoms. The number of ether oxygens (including phenoxy) is 5. The Morgan fingerprint density at radius 2 is 0.648 bits per heavy atom. The molecule has 1 aromatic heterocycles. The van der Waals surface area contributed by atoms with Gasteiger partial charge < -0.3 is 90.4 Å². The van der Waals surface area contributed by atoms with Crippen molar-refractivity contribution in [2.75, 3.05) is 59.5 Å². The third-order valence-corrected chi connectivity index (χ3v) is 16.4. The third-order valence-electron chi connectivity index (χ3n) is 16.4. The van der Waals surface area contributed by atoms with Crippen molar-refractivity contribution < 1.29 is 260 Å². The van der Waals surface area contributed by atoms with Crippen LogP contribution >= 0.6 is 0 Å². The molecule has 0 atom stereocenters. The minimum Gasteiger partial charge on any atom is -0.542 e. The molecule has 0 bridgehead atoms. The summed E-state index contributed by atoms with van der Waals surface area (Å²) in [6.45, 7) is 72.1. The minimum absolute atomic E-state index is 0. The summed E-state index contributed by atoms with van der Waals surface area (Å²) >= 11 is 0. The van der Waals surface area contributed by atoms with Gasteiger partial charge in [-0.15, -0.1) is 30.2 Å². The number of unbranched alkanes of at least 4 members (excludes halogenated alkanes) is 13. The summed E-state index contributed by atoms with van der Waals surface area (Å²) in [6.07, 6.45) is 64.4. The van der Waals surface area contributed by atoms with Gasteiger partial charge in [0, 0.05) is 264 Å². The zero-order chi connectivity index (χ0) is 83.6. The van der Waals surface area contributed by atoms with Crippen molar-refractivity contribution in [2.45, 2.75) is 320 Å². The number of furan rings is 1. The van der Waals surface area contributed by atoms with Crippen LogP contribution in [0.15, 0.2) is 163 Å². The summed E-state index contributed by atoms with van der Waals surface area (Å²) in [5.41, 5.74) is 12.4. The summed E-state index contributed by atoms with van der Waals surface area (Å²) in [4.78, 5) is 0. The van der Waals surface area contributed by atoms with Crippen LogP contribution in [0.5, 0.6) is 5.75 Å². The Kier molecular flexibility index (Phi) is 200. The van der Waals surface area contributed by atoms with Crippen molar-refractivity contribution in [3.63, 3.8) is 0 Å². The Hall–Kier alpha value is 2.07. The van der Waals surface area contributed by atoms with Crippen LogP contribution in [0.2, 0.25) is 0 Å². The van der Waals surface area contributed by atoms with Gasteiger partial charge in [-0.25, -0.2) is 19.1 Å². The van der Waals surface area contributed by atoms with Crippen molar-refractivity contribution in [2.24, 2.45) is 0 Å². The molecule has 1 heterocycles. The molecule has 0 fully saturated rings. The maximum Gasteiger partial charge on any atom is 0.119 e. The molecule has 0 aliphatic carbocycles. The van der Waals surface area contributed by atoms with Crippen LogP contribution in [-0.2, 0) is 302 Å². The number of hydrogen-bond donors (Lipinski definition) is 0. The third kappa shape index (κ3) is 126. The number of hydrogen-bond acceptors (Lipinski definition) is 6. The topological polar surface area (TPSA) is 59.3 Å². The largest absolute Gasteiger partial charge is 0.542 e. The molecular weight excluding hydrogens is 3380 g/mol. The molecule has 5 rings (SSSR count). The Morgan fingerprint density at radius 1 is 0.287 bits per heavy atom. The molecule has 4 aromatic carbocycles. The van der Waals surface area contributed by atoms with Crippen LogP contribution in [-0.4, -0.2) is 59.5 Å². The first-order valence-corrected chi connectivity index (χ1v) is 44.0. The van der Waals surface area contributed by atoms with E-state index in [0.29, 0.717) is 19.8 Å². The second-order valence-electron chi connectivity index (χ2n) is 26.8. The van der Waals surface area contributed by atoms with Crippen molar-refractivity contribution in [3.8, 4) is 5.75 Å². The number of para-hydroxylation sites is 1. The smallest absolute Gasteiger partial charge is 0.119 e. The maximum absolute atomic E-state index is 5.54. The van der Waals surface area contributed by atoms with Gasteiger partial charge in [0.05, 0.1) is 26.4 Å². The van der Waals surface area contributed by atoms with Gasteiger partial charge in [-0.05, 0) is 141 Å². The quantitative estimate of drug-likeness (QED) is 0.0220. The Morgan fingerprint density at radius 3 is 0.992 bits per heavy atom. The normalized spacial score (nSPS) is 9.38. The number of aryl methyl sites for hydroxylation is 7. The summed E-state index contributed by atoms with van der Waals surface area (Å²) in [5, 5.41) is 0. The molecule has 5 aromatic rings. The molecule has 17 heteroatoms. The molecule has 0 saturated carbocycles. The first-order chi connectivity index (χ1) is 54.3. The fraction of sp³-hybridized carbons (Fsp3) is 0.552. The van der Waals surface area contributed by atoms with E-state index in [-0.39, 0.29) is 232 Å². The zero-order valence-electron chi connectivity index (χ0n) is 79.0. The molecule has 0 N–H and O–H groups in total. The van der Waals surface area contributed by atoms with Crippen molar-refractivity contribution in [1.82, 2.24) is 0 Å². The molecule has 0 radical (unpaired) electrons. The second kappa shape index (κ2) is 149. The Bertz CT molecular complexity index is 2560. The van der Waals surface area contributed by atoms with E-state index in [0.717, 1.165) is 154 Å². The predicted octanol–water partition coefficient (Wildman–Crippen LogP) is 31.4. The van der Waals surface area contributed by atoms with Gasteiger partial charge in [-0.2, -0.15) is 63.9 Å². The predicted molar refractivity (Wildman–Crippen MR) is 498 cm³/mol. The molecular formula is C105H175O6W11-11. The van der Waals surface area contributed by atoms with Gasteiger partial charge in [0.25, 0.3) is 0 Å². The van der Waals surface area contributed by atoms with E-state index < -0.39 is 0 Å². The average Bonchev–Trinajstić information content (AvgIpc) is 1.46. The van der Waals surface area contributed by atoms with E-state index in [1.54, 1.807) is 12.5 Å². The minimum atomic E-state index is 0. The van der Waals surface area contributed by atoms with Crippen LogP contribution in [0, 0.1) is 76.2 Å². The summed E-state index contributed by atoms with van der Waals surface area (Å²) in [7, 11) is 0. The standard InChI is InChI=1S/C14H21.2C13H19.C11H15O.C9H17.C8H17O.C8H15O.C8H15.C7H15O2.C7H9O.C7H13.11W/c1-3-5-6-10-14-12-8-7-11-13(14)9-4-2;2*1-3-5-9-13-11-7-6-10-12(13)8-4-2;1-3-9-12-11-8-6-5-7-10(11)4-2;1-3-5-7-9-8-6-4-2;2*1-3-5-6-8-9-7-4-2;1-3-5-7-8-6-4-2;1-3-5-9-7-6-8-4-2;1-3-7-5-8-4-6(7)2;1-3-5-7-6-4-2;;;;;;;;;;;/h7-8,11-12H,2-6,9-10H2,1H3;2*6-7,10-11H,2-5,8-9H2,1H3;5-8H,2-4,9H2,1H3;5,7H,1,3-4,6,8-9H2,2H3;1,3-8H2,2H3;5-6H,1,3-4,7-8H2,2H3;3,5H,1,4,6-8H2,2H3;2-7H2,1H3;4-5H,2-3H2,1H3;5,7H,1,3-4,6H2,2H3;;;;;;;;;;;/q11*-1;;;;;;;;;;;/b;;;;;;;;;;7-5-;;;;;;;;;;;. The summed E-state index contributed by atoms with van der Waals surface area (Å²) < 4.78 is 30.9. The molecule has 0 saturated heterocycles. The Labute approximate surface area is 918 Å². The van der Waals surface area contributed by atoms with Gasteiger partial charge >= 0.3 is 0 Å². The molecule has 708 valence electrons. The number of benzene rings is 4. The number of rotatable bonds is 50. The van der Waals surface area contributed by atoms with Gasteiger partial charge in [0.1, 0.15) is 5.75 Å². The van der Waals surface area contributed by atoms with Gasteiger partial charge in [-0.1, -0.05) is 288 Å². The maximum atomic E-state index is 5.54. The van der Waals surface area contributed by atoms with Crippen LogP contribution in [0.3, 0.4) is 0 Å². The Balaban J connectivity index is -0.0000000661. The fourth-order valence-electron chi connectivity index (χ4n) is 10.1. The van der Waals surface area contributed by atoms with Crippen LogP contribution in [0.25, 0.3) is 0 Å². The average molecular weight is 3560 g/mol. The van der Waals surface area contributed by atoms with E-state index in [4.69, 9.17) is 28.1 Å². The number of allylic oxidation sites excluding steroid dienone is 7. The van der Waals surface area contributed by atoms with Gasteiger partial charge in [-0.3, -0.25) is 0 Å².